The van der Waals surface area contributed by atoms with Crippen LogP contribution in [-0.4, -0.2) is 50.4 Å². The van der Waals surface area contributed by atoms with Crippen LogP contribution in [0.4, 0.5) is 0 Å². The van der Waals surface area contributed by atoms with E-state index in [0.717, 1.165) is 65.1 Å². The molecule has 2 aliphatic heterocycles. The van der Waals surface area contributed by atoms with Crippen LogP contribution in [0, 0.1) is 12.8 Å². The number of hydrogen-bond donors (Lipinski definition) is 2. The van der Waals surface area contributed by atoms with Gasteiger partial charge in [-0.25, -0.2) is 0 Å². The second-order valence-corrected chi connectivity index (χ2v) is 7.71. The molecule has 2 N–H and O–H groups in total. The number of aliphatic imine (C=N–C) groups is 1. The fraction of sp³-hybridized carbons (Fsp3) is 0.522. The van der Waals surface area contributed by atoms with Crippen LogP contribution in [0.2, 0.25) is 0 Å². The van der Waals surface area contributed by atoms with Crippen molar-refractivity contribution in [2.45, 2.75) is 32.7 Å². The lowest BCUT2D eigenvalue weighted by Gasteiger charge is -2.23. The third-order valence-electron chi connectivity index (χ3n) is 5.28. The van der Waals surface area contributed by atoms with Crippen molar-refractivity contribution in [2.75, 3.05) is 39.3 Å². The van der Waals surface area contributed by atoms with E-state index >= 15 is 0 Å². The molecule has 0 fully saturated rings. The SMILES string of the molecule is Cc1ccc(CN2CCNCC/C=C\C3=CN=CC(CCNCC2)C3)cc1. The van der Waals surface area contributed by atoms with Crippen LogP contribution < -0.4 is 10.6 Å². The van der Waals surface area contributed by atoms with E-state index in [1.807, 2.05) is 6.20 Å². The molecule has 0 amide bonds. The Kier molecular flexibility index (Phi) is 8.28. The van der Waals surface area contributed by atoms with Gasteiger partial charge < -0.3 is 10.6 Å². The molecule has 0 aliphatic carbocycles. The first kappa shape index (κ1) is 20.0. The second kappa shape index (κ2) is 11.2. The number of benzene rings is 1. The monoisotopic (exact) mass is 366 g/mol. The van der Waals surface area contributed by atoms with Gasteiger partial charge in [0.1, 0.15) is 0 Å². The van der Waals surface area contributed by atoms with E-state index in [1.165, 1.54) is 16.7 Å². The Balaban J connectivity index is 1.53. The van der Waals surface area contributed by atoms with E-state index in [2.05, 4.69) is 70.1 Å². The number of hydrogen-bond acceptors (Lipinski definition) is 4. The highest BCUT2D eigenvalue weighted by Crippen LogP contribution is 2.19. The highest BCUT2D eigenvalue weighted by Gasteiger charge is 2.11. The largest absolute Gasteiger partial charge is 0.315 e. The van der Waals surface area contributed by atoms with E-state index in [9.17, 15) is 0 Å². The normalized spacial score (nSPS) is 24.3. The summed E-state index contributed by atoms with van der Waals surface area (Å²) in [4.78, 5) is 6.99. The van der Waals surface area contributed by atoms with Crippen molar-refractivity contribution in [1.29, 1.82) is 0 Å². The molecule has 3 rings (SSSR count). The predicted octanol–water partition coefficient (Wildman–Crippen LogP) is 3.30. The van der Waals surface area contributed by atoms with Crippen LogP contribution in [0.25, 0.3) is 0 Å². The first-order valence-corrected chi connectivity index (χ1v) is 10.4. The standard InChI is InChI=1S/C23H34N4/c1-20-5-7-21(8-6-20)19-27-14-12-24-10-3-2-4-22-16-23(18-26-17-22)9-11-25-13-15-27/h2,4-8,17-18,23-25H,3,9-16,19H2,1H3/b4-2-. The highest BCUT2D eigenvalue weighted by molar-refractivity contribution is 5.64. The number of fused-ring (bicyclic) bond motifs is 2. The molecule has 1 atom stereocenters. The van der Waals surface area contributed by atoms with E-state index in [4.69, 9.17) is 0 Å². The summed E-state index contributed by atoms with van der Waals surface area (Å²) in [6.07, 6.45) is 12.0. The Bertz CT molecular complexity index is 645. The summed E-state index contributed by atoms with van der Waals surface area (Å²) in [5, 5.41) is 7.22. The van der Waals surface area contributed by atoms with Gasteiger partial charge in [0.15, 0.2) is 0 Å². The lowest BCUT2D eigenvalue weighted by Crippen LogP contribution is -2.37. The van der Waals surface area contributed by atoms with Gasteiger partial charge in [-0.05, 0) is 56.3 Å². The summed E-state index contributed by atoms with van der Waals surface area (Å²) < 4.78 is 0. The molecule has 0 saturated heterocycles. The molecule has 0 spiro atoms. The maximum absolute atomic E-state index is 4.44. The van der Waals surface area contributed by atoms with Gasteiger partial charge in [-0.15, -0.1) is 0 Å². The van der Waals surface area contributed by atoms with Crippen molar-refractivity contribution in [3.63, 3.8) is 0 Å². The number of nitrogens with one attached hydrogen (secondary N) is 2. The van der Waals surface area contributed by atoms with Gasteiger partial charge in [0.2, 0.25) is 0 Å². The molecule has 4 nitrogen and oxygen atoms in total. The van der Waals surface area contributed by atoms with Crippen molar-refractivity contribution < 1.29 is 0 Å². The molecule has 2 aliphatic rings. The fourth-order valence-corrected chi connectivity index (χ4v) is 3.61. The fourth-order valence-electron chi connectivity index (χ4n) is 3.61. The van der Waals surface area contributed by atoms with Gasteiger partial charge >= 0.3 is 0 Å². The predicted molar refractivity (Wildman–Crippen MR) is 115 cm³/mol. The third-order valence-corrected chi connectivity index (χ3v) is 5.28. The molecule has 146 valence electrons. The average molecular weight is 367 g/mol. The van der Waals surface area contributed by atoms with Crippen molar-refractivity contribution in [3.8, 4) is 0 Å². The lowest BCUT2D eigenvalue weighted by atomic mass is 9.95. The second-order valence-electron chi connectivity index (χ2n) is 7.71. The topological polar surface area (TPSA) is 39.7 Å². The molecule has 1 unspecified atom stereocenters. The van der Waals surface area contributed by atoms with Gasteiger partial charge in [0, 0.05) is 45.1 Å². The van der Waals surface area contributed by atoms with E-state index in [1.54, 1.807) is 0 Å². The molecule has 1 aromatic rings. The number of allylic oxidation sites excluding steroid dienone is 2. The van der Waals surface area contributed by atoms with E-state index < -0.39 is 0 Å². The minimum Gasteiger partial charge on any atom is -0.315 e. The van der Waals surface area contributed by atoms with E-state index in [0.29, 0.717) is 5.92 Å². The zero-order valence-corrected chi connectivity index (χ0v) is 16.7. The summed E-state index contributed by atoms with van der Waals surface area (Å²) in [6.45, 7) is 9.50. The number of aryl methyl sites for hydroxylation is 1. The number of nitrogens with zero attached hydrogens (tertiary/aromatic N) is 2. The van der Waals surface area contributed by atoms with Crippen molar-refractivity contribution in [2.24, 2.45) is 10.9 Å². The molecule has 0 radical (unpaired) electrons. The first-order valence-electron chi connectivity index (χ1n) is 10.4. The average Bonchev–Trinajstić information content (AvgIpc) is 2.68. The Morgan fingerprint density at radius 3 is 2.63 bits per heavy atom. The van der Waals surface area contributed by atoms with Crippen molar-refractivity contribution in [3.05, 3.63) is 59.3 Å². The molecule has 0 saturated carbocycles. The molecule has 4 heteroatoms. The van der Waals surface area contributed by atoms with E-state index in [-0.39, 0.29) is 0 Å². The minimum atomic E-state index is 0.567. The quantitative estimate of drug-likeness (QED) is 0.844. The third kappa shape index (κ3) is 7.41. The summed E-state index contributed by atoms with van der Waals surface area (Å²) in [6, 6.07) is 8.94. The van der Waals surface area contributed by atoms with Crippen LogP contribution in [0.5, 0.6) is 0 Å². The van der Waals surface area contributed by atoms with Crippen molar-refractivity contribution in [1.82, 2.24) is 15.5 Å². The Hall–Kier alpha value is -1.75. The molecule has 2 bridgehead atoms. The van der Waals surface area contributed by atoms with Crippen LogP contribution in [0.15, 0.2) is 53.2 Å². The van der Waals surface area contributed by atoms with Gasteiger partial charge in [-0.2, -0.15) is 0 Å². The zero-order chi connectivity index (χ0) is 18.7. The molecule has 1 aromatic carbocycles. The lowest BCUT2D eigenvalue weighted by molar-refractivity contribution is 0.264. The summed E-state index contributed by atoms with van der Waals surface area (Å²) >= 11 is 0. The summed E-state index contributed by atoms with van der Waals surface area (Å²) in [7, 11) is 0. The molecule has 2 heterocycles. The van der Waals surface area contributed by atoms with Crippen LogP contribution in [0.1, 0.15) is 30.4 Å². The Morgan fingerprint density at radius 2 is 1.81 bits per heavy atom. The van der Waals surface area contributed by atoms with Crippen molar-refractivity contribution >= 4 is 6.21 Å². The zero-order valence-electron chi connectivity index (χ0n) is 16.7. The smallest absolute Gasteiger partial charge is 0.0296 e. The summed E-state index contributed by atoms with van der Waals surface area (Å²) in [5.41, 5.74) is 4.09. The Labute approximate surface area is 164 Å². The molecule has 0 aromatic heterocycles. The van der Waals surface area contributed by atoms with Gasteiger partial charge in [0.25, 0.3) is 0 Å². The van der Waals surface area contributed by atoms with Crippen LogP contribution in [-0.2, 0) is 6.54 Å². The molecule has 27 heavy (non-hydrogen) atoms. The maximum Gasteiger partial charge on any atom is 0.0296 e. The van der Waals surface area contributed by atoms with Gasteiger partial charge in [0.05, 0.1) is 0 Å². The first-order chi connectivity index (χ1) is 13.3. The maximum atomic E-state index is 4.44. The highest BCUT2D eigenvalue weighted by atomic mass is 15.1. The van der Waals surface area contributed by atoms with Gasteiger partial charge in [-0.3, -0.25) is 9.89 Å². The minimum absolute atomic E-state index is 0.567. The molecular weight excluding hydrogens is 332 g/mol. The van der Waals surface area contributed by atoms with Crippen LogP contribution in [0.3, 0.4) is 0 Å². The summed E-state index contributed by atoms with van der Waals surface area (Å²) in [5.74, 6) is 0.567. The number of rotatable bonds is 2. The molecular formula is C23H34N4. The van der Waals surface area contributed by atoms with Gasteiger partial charge in [-0.1, -0.05) is 42.0 Å². The Morgan fingerprint density at radius 1 is 1.04 bits per heavy atom. The van der Waals surface area contributed by atoms with Crippen LogP contribution >= 0.6 is 0 Å².